The number of anilines is 1. The van der Waals surface area contributed by atoms with Crippen LogP contribution in [0.2, 0.25) is 0 Å². The van der Waals surface area contributed by atoms with Crippen molar-refractivity contribution >= 4 is 29.4 Å². The molecule has 3 amide bonds. The van der Waals surface area contributed by atoms with Crippen molar-refractivity contribution in [2.75, 3.05) is 12.4 Å². The highest BCUT2D eigenvalue weighted by Gasteiger charge is 2.67. The largest absolute Gasteiger partial charge is 0.465 e. The fourth-order valence-electron chi connectivity index (χ4n) is 6.46. The van der Waals surface area contributed by atoms with Gasteiger partial charge in [0.1, 0.15) is 6.04 Å². The maximum absolute atomic E-state index is 13.7. The minimum atomic E-state index is -0.959. The van der Waals surface area contributed by atoms with E-state index in [4.69, 9.17) is 4.74 Å². The van der Waals surface area contributed by atoms with Gasteiger partial charge in [0, 0.05) is 12.1 Å². The number of amides is 3. The molecule has 7 nitrogen and oxygen atoms in total. The van der Waals surface area contributed by atoms with E-state index in [1.165, 1.54) is 12.0 Å². The van der Waals surface area contributed by atoms with E-state index in [-0.39, 0.29) is 41.9 Å². The van der Waals surface area contributed by atoms with Crippen LogP contribution < -0.4 is 5.32 Å². The van der Waals surface area contributed by atoms with Crippen LogP contribution in [-0.4, -0.2) is 41.7 Å². The van der Waals surface area contributed by atoms with Crippen molar-refractivity contribution in [3.05, 3.63) is 77.9 Å². The van der Waals surface area contributed by atoms with Crippen LogP contribution in [0.25, 0.3) is 0 Å². The molecule has 0 spiro atoms. The number of carbonyl (C=O) groups is 4. The van der Waals surface area contributed by atoms with E-state index in [0.29, 0.717) is 23.1 Å². The number of ether oxygens (including phenoxy) is 1. The summed E-state index contributed by atoms with van der Waals surface area (Å²) in [4.78, 5) is 53.9. The van der Waals surface area contributed by atoms with Crippen molar-refractivity contribution in [1.82, 2.24) is 4.90 Å². The van der Waals surface area contributed by atoms with E-state index in [9.17, 15) is 19.2 Å². The lowest BCUT2D eigenvalue weighted by molar-refractivity contribution is -0.146. The topological polar surface area (TPSA) is 92.8 Å². The Labute approximate surface area is 203 Å². The molecule has 1 saturated heterocycles. The first-order valence-electron chi connectivity index (χ1n) is 12.1. The van der Waals surface area contributed by atoms with Gasteiger partial charge in [0.05, 0.1) is 24.5 Å². The Bertz CT molecular complexity index is 1200. The molecule has 1 aliphatic heterocycles. The maximum Gasteiger partial charge on any atom is 0.337 e. The standard InChI is InChI=1S/C28H26N2O5/c1-35-28(34)16-7-9-17(10-8-16)29-25(31)22(13-15-5-3-2-4-6-15)30-26(32)23-18-11-12-19(21-14-20(18)21)24(23)27(30)33/h2-12,18-24H,13-14H2,1H3,(H,29,31)/t18-,19-,20-,21-,22+,23+,24+/m1/s1. The molecule has 35 heavy (non-hydrogen) atoms. The molecule has 7 heteroatoms. The van der Waals surface area contributed by atoms with E-state index < -0.39 is 17.9 Å². The molecule has 1 heterocycles. The van der Waals surface area contributed by atoms with Crippen LogP contribution in [0.1, 0.15) is 22.3 Å². The third kappa shape index (κ3) is 3.49. The van der Waals surface area contributed by atoms with Gasteiger partial charge < -0.3 is 10.1 Å². The average molecular weight is 471 g/mol. The third-order valence-electron chi connectivity index (χ3n) is 8.16. The molecule has 2 aromatic carbocycles. The van der Waals surface area contributed by atoms with E-state index in [2.05, 4.69) is 17.5 Å². The predicted molar refractivity (Wildman–Crippen MR) is 127 cm³/mol. The minimum Gasteiger partial charge on any atom is -0.465 e. The summed E-state index contributed by atoms with van der Waals surface area (Å²) in [6.07, 6.45) is 5.58. The Balaban J connectivity index is 1.29. The highest BCUT2D eigenvalue weighted by atomic mass is 16.5. The quantitative estimate of drug-likeness (QED) is 0.398. The van der Waals surface area contributed by atoms with Gasteiger partial charge in [-0.15, -0.1) is 0 Å². The van der Waals surface area contributed by atoms with Gasteiger partial charge >= 0.3 is 5.97 Å². The van der Waals surface area contributed by atoms with E-state index >= 15 is 0 Å². The first-order chi connectivity index (χ1) is 17.0. The van der Waals surface area contributed by atoms with Crippen molar-refractivity contribution in [3.63, 3.8) is 0 Å². The second kappa shape index (κ2) is 8.18. The number of hydrogen-bond donors (Lipinski definition) is 1. The first-order valence-corrected chi connectivity index (χ1v) is 12.1. The monoisotopic (exact) mass is 470 g/mol. The lowest BCUT2D eigenvalue weighted by atomic mass is 9.63. The van der Waals surface area contributed by atoms with Gasteiger partial charge in [-0.1, -0.05) is 42.5 Å². The molecule has 2 saturated carbocycles. The van der Waals surface area contributed by atoms with Crippen LogP contribution in [0, 0.1) is 35.5 Å². The summed E-state index contributed by atoms with van der Waals surface area (Å²) in [5.41, 5.74) is 1.70. The summed E-state index contributed by atoms with van der Waals surface area (Å²) in [5.74, 6) is -0.852. The zero-order valence-electron chi connectivity index (χ0n) is 19.3. The molecule has 2 aromatic rings. The van der Waals surface area contributed by atoms with Gasteiger partial charge in [-0.25, -0.2) is 4.79 Å². The van der Waals surface area contributed by atoms with Gasteiger partial charge in [0.25, 0.3) is 0 Å². The number of hydrogen-bond acceptors (Lipinski definition) is 5. The molecule has 2 bridgehead atoms. The van der Waals surface area contributed by atoms with E-state index in [0.717, 1.165) is 12.0 Å². The Morgan fingerprint density at radius 3 is 2.11 bits per heavy atom. The van der Waals surface area contributed by atoms with Crippen molar-refractivity contribution < 1.29 is 23.9 Å². The smallest absolute Gasteiger partial charge is 0.337 e. The number of allylic oxidation sites excluding steroid dienone is 2. The Kier molecular flexibility index (Phi) is 5.09. The summed E-state index contributed by atoms with van der Waals surface area (Å²) in [6.45, 7) is 0. The summed E-state index contributed by atoms with van der Waals surface area (Å²) in [5, 5.41) is 2.85. The molecule has 7 rings (SSSR count). The lowest BCUT2D eigenvalue weighted by Crippen LogP contribution is -2.49. The Morgan fingerprint density at radius 2 is 1.54 bits per heavy atom. The fraction of sp³-hybridized carbons (Fsp3) is 0.357. The maximum atomic E-state index is 13.7. The molecule has 0 unspecified atom stereocenters. The van der Waals surface area contributed by atoms with Crippen LogP contribution in [0.3, 0.4) is 0 Å². The van der Waals surface area contributed by atoms with Crippen molar-refractivity contribution in [2.24, 2.45) is 35.5 Å². The van der Waals surface area contributed by atoms with Gasteiger partial charge in [0.15, 0.2) is 0 Å². The highest BCUT2D eigenvalue weighted by Crippen LogP contribution is 2.65. The molecular formula is C28H26N2O5. The summed E-state index contributed by atoms with van der Waals surface area (Å²) < 4.78 is 4.72. The van der Waals surface area contributed by atoms with Crippen LogP contribution in [-0.2, 0) is 25.5 Å². The first kappa shape index (κ1) is 21.8. The number of carbonyl (C=O) groups excluding carboxylic acids is 4. The number of imide groups is 1. The van der Waals surface area contributed by atoms with Gasteiger partial charge in [-0.2, -0.15) is 0 Å². The molecular weight excluding hydrogens is 444 g/mol. The van der Waals surface area contributed by atoms with E-state index in [1.807, 2.05) is 30.3 Å². The lowest BCUT2D eigenvalue weighted by Gasteiger charge is -2.37. The number of likely N-dealkylation sites (tertiary alicyclic amines) is 1. The molecule has 5 aliphatic rings. The molecule has 4 aliphatic carbocycles. The van der Waals surface area contributed by atoms with Crippen LogP contribution in [0.15, 0.2) is 66.7 Å². The van der Waals surface area contributed by atoms with Crippen molar-refractivity contribution in [1.29, 1.82) is 0 Å². The average Bonchev–Trinajstić information content (AvgIpc) is 3.67. The number of nitrogens with zero attached hydrogens (tertiary/aromatic N) is 1. The number of esters is 1. The second-order valence-corrected chi connectivity index (χ2v) is 9.96. The zero-order valence-corrected chi connectivity index (χ0v) is 19.3. The minimum absolute atomic E-state index is 0.0998. The summed E-state index contributed by atoms with van der Waals surface area (Å²) in [6, 6.07) is 14.8. The second-order valence-electron chi connectivity index (χ2n) is 9.96. The number of benzene rings is 2. The Hall–Kier alpha value is -3.74. The predicted octanol–water partition coefficient (Wildman–Crippen LogP) is 3.08. The molecule has 0 aromatic heterocycles. The van der Waals surface area contributed by atoms with Crippen molar-refractivity contribution in [3.8, 4) is 0 Å². The number of methoxy groups -OCH3 is 1. The van der Waals surface area contributed by atoms with Crippen molar-refractivity contribution in [2.45, 2.75) is 18.9 Å². The Morgan fingerprint density at radius 1 is 0.943 bits per heavy atom. The molecule has 0 radical (unpaired) electrons. The molecule has 3 fully saturated rings. The zero-order chi connectivity index (χ0) is 24.3. The fourth-order valence-corrected chi connectivity index (χ4v) is 6.46. The third-order valence-corrected chi connectivity index (χ3v) is 8.16. The highest BCUT2D eigenvalue weighted by molar-refractivity contribution is 6.10. The molecule has 178 valence electrons. The summed E-state index contributed by atoms with van der Waals surface area (Å²) >= 11 is 0. The van der Waals surface area contributed by atoms with Gasteiger partial charge in [0.2, 0.25) is 17.7 Å². The normalized spacial score (nSPS) is 30.5. The van der Waals surface area contributed by atoms with Crippen LogP contribution in [0.5, 0.6) is 0 Å². The van der Waals surface area contributed by atoms with Gasteiger partial charge in [-0.05, 0) is 59.9 Å². The number of rotatable bonds is 6. The SMILES string of the molecule is COC(=O)c1ccc(NC(=O)[C@H](Cc2ccccc2)N2C(=O)[C@H]3[C@@H]4C=C[C@H]([C@H]5C[C@H]45)[C@@H]3C2=O)cc1. The van der Waals surface area contributed by atoms with Crippen LogP contribution in [0.4, 0.5) is 5.69 Å². The van der Waals surface area contributed by atoms with Crippen LogP contribution >= 0.6 is 0 Å². The number of nitrogens with one attached hydrogen (secondary N) is 1. The summed E-state index contributed by atoms with van der Waals surface area (Å²) in [7, 11) is 1.30. The van der Waals surface area contributed by atoms with Gasteiger partial charge in [-0.3, -0.25) is 19.3 Å². The van der Waals surface area contributed by atoms with E-state index in [1.54, 1.807) is 24.3 Å². The molecule has 1 N–H and O–H groups in total. The molecule has 7 atom stereocenters.